The molecule has 0 saturated carbocycles. The minimum absolute atomic E-state index is 0.0543. The van der Waals surface area contributed by atoms with Gasteiger partial charge in [-0.15, -0.1) is 0 Å². The number of hydrogen-bond acceptors (Lipinski definition) is 4. The first kappa shape index (κ1) is 25.2. The van der Waals surface area contributed by atoms with Crippen molar-refractivity contribution in [1.29, 1.82) is 0 Å². The molecule has 2 atom stereocenters. The van der Waals surface area contributed by atoms with Gasteiger partial charge >= 0.3 is 0 Å². The van der Waals surface area contributed by atoms with Crippen molar-refractivity contribution in [2.75, 3.05) is 9.44 Å². The van der Waals surface area contributed by atoms with Crippen LogP contribution in [0.25, 0.3) is 10.8 Å². The minimum Gasteiger partial charge on any atom is -0.279 e. The lowest BCUT2D eigenvalue weighted by atomic mass is 9.69. The first-order valence-corrected chi connectivity index (χ1v) is 15.7. The molecule has 7 rings (SSSR count). The maximum Gasteiger partial charge on any atom is 0.261 e. The van der Waals surface area contributed by atoms with E-state index in [1.54, 1.807) is 12.1 Å². The van der Waals surface area contributed by atoms with Crippen LogP contribution in [0.2, 0.25) is 10.0 Å². The summed E-state index contributed by atoms with van der Waals surface area (Å²) in [6, 6.07) is 19.2. The molecule has 10 heteroatoms. The average Bonchev–Trinajstić information content (AvgIpc) is 2.91. The van der Waals surface area contributed by atoms with Crippen LogP contribution in [0, 0.1) is 0 Å². The summed E-state index contributed by atoms with van der Waals surface area (Å²) >= 11 is 11.9. The van der Waals surface area contributed by atoms with Crippen LogP contribution >= 0.6 is 23.2 Å². The summed E-state index contributed by atoms with van der Waals surface area (Å²) in [5, 5.41) is 2.09. The largest absolute Gasteiger partial charge is 0.279 e. The summed E-state index contributed by atoms with van der Waals surface area (Å²) in [4.78, 5) is 0.174. The van der Waals surface area contributed by atoms with E-state index < -0.39 is 20.0 Å². The van der Waals surface area contributed by atoms with Crippen LogP contribution in [0.3, 0.4) is 0 Å². The summed E-state index contributed by atoms with van der Waals surface area (Å²) in [5.74, 6) is -0.109. The molecule has 0 radical (unpaired) electrons. The summed E-state index contributed by atoms with van der Waals surface area (Å²) in [7, 11) is -7.90. The fraction of sp³-hybridized carbons (Fsp3) is 0.143. The highest BCUT2D eigenvalue weighted by Gasteiger charge is 2.37. The van der Waals surface area contributed by atoms with Crippen molar-refractivity contribution in [3.05, 3.63) is 106 Å². The second kappa shape index (κ2) is 9.31. The molecule has 0 fully saturated rings. The summed E-state index contributed by atoms with van der Waals surface area (Å²) in [5.41, 5.74) is 2.54. The zero-order chi connectivity index (χ0) is 26.7. The maximum absolute atomic E-state index is 13.5. The third kappa shape index (κ3) is 4.35. The Balaban J connectivity index is 1.56. The molecule has 0 saturated heterocycles. The van der Waals surface area contributed by atoms with Gasteiger partial charge in [0.2, 0.25) is 0 Å². The van der Waals surface area contributed by atoms with E-state index in [4.69, 9.17) is 23.2 Å². The number of nitrogens with one attached hydrogen (secondary N) is 2. The topological polar surface area (TPSA) is 92.3 Å². The minimum atomic E-state index is -3.95. The molecule has 4 aromatic carbocycles. The van der Waals surface area contributed by atoms with Crippen molar-refractivity contribution in [1.82, 2.24) is 0 Å². The monoisotopic (exact) mass is 584 g/mol. The lowest BCUT2D eigenvalue weighted by Gasteiger charge is -2.37. The SMILES string of the molecule is O=S(=O)(Nc1c2c(c(NS(=O)(=O)c3ccc(Cl)cc3)c3ccccc13)[C@H]1C=C[C@H]2CC1)c1ccc(Cl)cc1. The first-order valence-electron chi connectivity index (χ1n) is 12.0. The summed E-state index contributed by atoms with van der Waals surface area (Å²) < 4.78 is 59.6. The predicted molar refractivity (Wildman–Crippen MR) is 152 cm³/mol. The molecular weight excluding hydrogens is 563 g/mol. The fourth-order valence-corrected chi connectivity index (χ4v) is 7.84. The number of sulfonamides is 2. The van der Waals surface area contributed by atoms with Crippen LogP contribution in [-0.4, -0.2) is 16.8 Å². The van der Waals surface area contributed by atoms with Gasteiger partial charge in [0, 0.05) is 32.7 Å². The van der Waals surface area contributed by atoms with Crippen LogP contribution < -0.4 is 9.44 Å². The third-order valence-corrected chi connectivity index (χ3v) is 10.4. The molecule has 0 spiro atoms. The van der Waals surface area contributed by atoms with Gasteiger partial charge in [-0.3, -0.25) is 9.44 Å². The number of hydrogen-bond donors (Lipinski definition) is 2. The van der Waals surface area contributed by atoms with Gasteiger partial charge in [-0.25, -0.2) is 16.8 Å². The molecule has 2 bridgehead atoms. The van der Waals surface area contributed by atoms with Gasteiger partial charge in [0.1, 0.15) is 0 Å². The van der Waals surface area contributed by atoms with Gasteiger partial charge in [-0.05, 0) is 72.5 Å². The van der Waals surface area contributed by atoms with Gasteiger partial charge in [0.15, 0.2) is 0 Å². The molecule has 0 aromatic heterocycles. The normalized spacial score (nSPS) is 18.4. The van der Waals surface area contributed by atoms with Crippen molar-refractivity contribution >= 4 is 65.4 Å². The number of benzene rings is 4. The molecule has 194 valence electrons. The van der Waals surface area contributed by atoms with E-state index in [1.807, 2.05) is 12.1 Å². The zero-order valence-electron chi connectivity index (χ0n) is 19.9. The number of allylic oxidation sites excluding steroid dienone is 2. The van der Waals surface area contributed by atoms with E-state index in [1.165, 1.54) is 48.5 Å². The average molecular weight is 586 g/mol. The van der Waals surface area contributed by atoms with Gasteiger partial charge in [-0.1, -0.05) is 59.6 Å². The van der Waals surface area contributed by atoms with E-state index in [9.17, 15) is 16.8 Å². The smallest absolute Gasteiger partial charge is 0.261 e. The van der Waals surface area contributed by atoms with Gasteiger partial charge in [0.05, 0.1) is 21.2 Å². The Hall–Kier alpha value is -3.04. The fourth-order valence-electron chi connectivity index (χ4n) is 5.38. The quantitative estimate of drug-likeness (QED) is 0.233. The number of fused-ring (bicyclic) bond motifs is 2. The molecule has 3 aliphatic rings. The molecule has 0 aliphatic heterocycles. The predicted octanol–water partition coefficient (Wildman–Crippen LogP) is 7.28. The molecule has 0 unspecified atom stereocenters. The molecule has 38 heavy (non-hydrogen) atoms. The Labute approximate surface area is 231 Å². The van der Waals surface area contributed by atoms with E-state index in [-0.39, 0.29) is 21.6 Å². The Kier molecular flexibility index (Phi) is 6.18. The highest BCUT2D eigenvalue weighted by molar-refractivity contribution is 7.93. The molecule has 0 amide bonds. The van der Waals surface area contributed by atoms with Crippen LogP contribution in [0.4, 0.5) is 11.4 Å². The van der Waals surface area contributed by atoms with Crippen LogP contribution in [0.1, 0.15) is 35.8 Å². The molecule has 4 aromatic rings. The highest BCUT2D eigenvalue weighted by atomic mass is 35.5. The van der Waals surface area contributed by atoms with Gasteiger partial charge in [0.25, 0.3) is 20.0 Å². The first-order chi connectivity index (χ1) is 18.1. The molecular formula is C28H22Cl2N2O4S2. The van der Waals surface area contributed by atoms with Crippen molar-refractivity contribution in [3.8, 4) is 0 Å². The van der Waals surface area contributed by atoms with Crippen LogP contribution in [0.5, 0.6) is 0 Å². The molecule has 3 aliphatic carbocycles. The third-order valence-electron chi connectivity index (χ3n) is 7.12. The Morgan fingerprint density at radius 3 is 1.29 bits per heavy atom. The lowest BCUT2D eigenvalue weighted by Crippen LogP contribution is -2.25. The summed E-state index contributed by atoms with van der Waals surface area (Å²) in [6.45, 7) is 0. The van der Waals surface area contributed by atoms with E-state index in [2.05, 4.69) is 21.6 Å². The van der Waals surface area contributed by atoms with Crippen molar-refractivity contribution in [2.24, 2.45) is 0 Å². The molecule has 6 nitrogen and oxygen atoms in total. The zero-order valence-corrected chi connectivity index (χ0v) is 23.0. The van der Waals surface area contributed by atoms with E-state index in [0.717, 1.165) is 24.0 Å². The number of anilines is 2. The second-order valence-corrected chi connectivity index (χ2v) is 13.7. The van der Waals surface area contributed by atoms with Gasteiger partial charge < -0.3 is 0 Å². The standard InChI is InChI=1S/C28H22Cl2N2O4S2/c29-19-9-13-21(14-10-19)37(33,34)31-27-23-3-1-2-4-24(23)28(26-18-7-5-17(6-8-18)25(26)27)32-38(35,36)22-15-11-20(30)12-16-22/h1-5,7,9-18,31-32H,6,8H2/t17-,18-/m0/s1. The van der Waals surface area contributed by atoms with E-state index in [0.29, 0.717) is 32.2 Å². The number of halogens is 2. The van der Waals surface area contributed by atoms with Crippen molar-refractivity contribution < 1.29 is 16.8 Å². The van der Waals surface area contributed by atoms with Crippen LogP contribution in [0.15, 0.2) is 94.7 Å². The number of rotatable bonds is 6. The Morgan fingerprint density at radius 1 is 0.579 bits per heavy atom. The Bertz CT molecular complexity index is 1690. The lowest BCUT2D eigenvalue weighted by molar-refractivity contribution is 0.556. The van der Waals surface area contributed by atoms with Crippen molar-refractivity contribution in [3.63, 3.8) is 0 Å². The van der Waals surface area contributed by atoms with Crippen LogP contribution in [-0.2, 0) is 20.0 Å². The Morgan fingerprint density at radius 2 is 0.947 bits per heavy atom. The maximum atomic E-state index is 13.5. The highest BCUT2D eigenvalue weighted by Crippen LogP contribution is 2.54. The second-order valence-electron chi connectivity index (χ2n) is 9.42. The van der Waals surface area contributed by atoms with Crippen molar-refractivity contribution in [2.45, 2.75) is 34.5 Å². The molecule has 0 heterocycles. The molecule has 2 N–H and O–H groups in total. The summed E-state index contributed by atoms with van der Waals surface area (Å²) in [6.07, 6.45) is 5.85. The van der Waals surface area contributed by atoms with E-state index >= 15 is 0 Å². The van der Waals surface area contributed by atoms with Gasteiger partial charge in [-0.2, -0.15) is 0 Å².